The Balaban J connectivity index is 1.58. The molecule has 1 N–H and O–H groups in total. The Morgan fingerprint density at radius 3 is 2.47 bits per heavy atom. The number of nitrogens with zero attached hydrogens (tertiary/aromatic N) is 3. The summed E-state index contributed by atoms with van der Waals surface area (Å²) >= 11 is 1.24. The number of hydrogen-bond donors (Lipinski definition) is 1. The van der Waals surface area contributed by atoms with E-state index < -0.39 is 10.2 Å². The van der Waals surface area contributed by atoms with Gasteiger partial charge < -0.3 is 5.32 Å². The van der Waals surface area contributed by atoms with Crippen LogP contribution in [0.4, 0.5) is 15.8 Å². The minimum absolute atomic E-state index is 0.101. The molecule has 32 heavy (non-hydrogen) atoms. The van der Waals surface area contributed by atoms with Crippen LogP contribution in [0.2, 0.25) is 0 Å². The zero-order chi connectivity index (χ0) is 22.7. The van der Waals surface area contributed by atoms with E-state index in [0.29, 0.717) is 16.4 Å². The number of benzene rings is 3. The number of nitro groups is 1. The third-order valence-electron chi connectivity index (χ3n) is 4.75. The quantitative estimate of drug-likeness (QED) is 0.239. The summed E-state index contributed by atoms with van der Waals surface area (Å²) in [5, 5.41) is 24.0. The highest BCUT2D eigenvalue weighted by atomic mass is 32.2. The predicted octanol–water partition coefficient (Wildman–Crippen LogP) is 5.46. The van der Waals surface area contributed by atoms with Gasteiger partial charge in [0.25, 0.3) is 5.69 Å². The van der Waals surface area contributed by atoms with Gasteiger partial charge in [0.2, 0.25) is 5.91 Å². The van der Waals surface area contributed by atoms with Crippen LogP contribution >= 0.6 is 11.8 Å². The maximum absolute atomic E-state index is 13.3. The Labute approximate surface area is 186 Å². The first-order valence-corrected chi connectivity index (χ1v) is 10.5. The molecule has 160 valence electrons. The van der Waals surface area contributed by atoms with Crippen molar-refractivity contribution in [3.63, 3.8) is 0 Å². The first-order valence-electron chi connectivity index (χ1n) is 9.66. The fourth-order valence-electron chi connectivity index (χ4n) is 3.15. The number of fused-ring (bicyclic) bond motifs is 1. The molecule has 4 rings (SSSR count). The molecule has 9 heteroatoms. The number of thioether (sulfide) groups is 1. The van der Waals surface area contributed by atoms with Crippen LogP contribution in [0.3, 0.4) is 0 Å². The molecule has 3 aromatic carbocycles. The van der Waals surface area contributed by atoms with Crippen LogP contribution in [0, 0.1) is 15.9 Å². The summed E-state index contributed by atoms with van der Waals surface area (Å²) in [6, 6.07) is 19.4. The minimum atomic E-state index is -0.538. The molecular formula is C23H17FN4O3S. The number of rotatable bonds is 6. The first-order chi connectivity index (χ1) is 15.4. The number of nitro benzene ring substituents is 1. The summed E-state index contributed by atoms with van der Waals surface area (Å²) in [5.74, 6) is -0.647. The van der Waals surface area contributed by atoms with Crippen molar-refractivity contribution in [1.82, 2.24) is 10.2 Å². The van der Waals surface area contributed by atoms with Crippen LogP contribution in [0.5, 0.6) is 0 Å². The predicted molar refractivity (Wildman–Crippen MR) is 122 cm³/mol. The summed E-state index contributed by atoms with van der Waals surface area (Å²) in [6.07, 6.45) is 0. The third kappa shape index (κ3) is 4.57. The average molecular weight is 448 g/mol. The molecule has 1 unspecified atom stereocenters. The Morgan fingerprint density at radius 2 is 1.75 bits per heavy atom. The van der Waals surface area contributed by atoms with Crippen molar-refractivity contribution in [2.24, 2.45) is 0 Å². The molecule has 0 saturated heterocycles. The van der Waals surface area contributed by atoms with Gasteiger partial charge in [-0.1, -0.05) is 42.1 Å². The minimum Gasteiger partial charge on any atom is -0.325 e. The highest BCUT2D eigenvalue weighted by Crippen LogP contribution is 2.33. The van der Waals surface area contributed by atoms with Crippen LogP contribution in [0.25, 0.3) is 22.0 Å². The van der Waals surface area contributed by atoms with E-state index in [4.69, 9.17) is 0 Å². The number of non-ortho nitro benzene ring substituents is 1. The Hall–Kier alpha value is -3.85. The number of anilines is 1. The highest BCUT2D eigenvalue weighted by Gasteiger charge is 2.19. The van der Waals surface area contributed by atoms with Crippen molar-refractivity contribution in [1.29, 1.82) is 0 Å². The van der Waals surface area contributed by atoms with E-state index in [1.807, 2.05) is 24.3 Å². The zero-order valence-corrected chi connectivity index (χ0v) is 17.7. The fourth-order valence-corrected chi connectivity index (χ4v) is 4.04. The van der Waals surface area contributed by atoms with Crippen molar-refractivity contribution in [2.75, 3.05) is 5.32 Å². The summed E-state index contributed by atoms with van der Waals surface area (Å²) in [5.41, 5.74) is 1.61. The molecule has 0 aliphatic rings. The number of nitrogens with one attached hydrogen (secondary N) is 1. The average Bonchev–Trinajstić information content (AvgIpc) is 2.80. The maximum Gasteiger partial charge on any atom is 0.271 e. The first kappa shape index (κ1) is 21.4. The van der Waals surface area contributed by atoms with Gasteiger partial charge in [0.05, 0.1) is 10.2 Å². The molecular weight excluding hydrogens is 431 g/mol. The van der Waals surface area contributed by atoms with Crippen LogP contribution in [-0.4, -0.2) is 26.3 Å². The molecule has 1 heterocycles. The fraction of sp³-hybridized carbons (Fsp3) is 0.0870. The van der Waals surface area contributed by atoms with Crippen molar-refractivity contribution >= 4 is 39.8 Å². The summed E-state index contributed by atoms with van der Waals surface area (Å²) in [4.78, 5) is 23.1. The van der Waals surface area contributed by atoms with E-state index >= 15 is 0 Å². The molecule has 4 aromatic rings. The molecule has 0 fully saturated rings. The number of carbonyl (C=O) groups excluding carboxylic acids is 1. The lowest BCUT2D eigenvalue weighted by molar-refractivity contribution is -0.384. The van der Waals surface area contributed by atoms with Crippen molar-refractivity contribution in [3.8, 4) is 11.3 Å². The van der Waals surface area contributed by atoms with E-state index in [9.17, 15) is 19.3 Å². The van der Waals surface area contributed by atoms with Gasteiger partial charge in [-0.05, 0) is 37.3 Å². The molecule has 0 bridgehead atoms. The van der Waals surface area contributed by atoms with Gasteiger partial charge in [0.1, 0.15) is 16.5 Å². The third-order valence-corrected chi connectivity index (χ3v) is 5.85. The number of amides is 1. The van der Waals surface area contributed by atoms with E-state index in [1.165, 1.54) is 42.1 Å². The lowest BCUT2D eigenvalue weighted by Crippen LogP contribution is -2.22. The van der Waals surface area contributed by atoms with Crippen LogP contribution in [0.15, 0.2) is 77.8 Å². The van der Waals surface area contributed by atoms with Gasteiger partial charge in [-0.25, -0.2) is 4.39 Å². The maximum atomic E-state index is 13.3. The molecule has 7 nitrogen and oxygen atoms in total. The van der Waals surface area contributed by atoms with E-state index in [-0.39, 0.29) is 17.4 Å². The number of carbonyl (C=O) groups is 1. The lowest BCUT2D eigenvalue weighted by atomic mass is 10.1. The molecule has 1 aromatic heterocycles. The molecule has 0 radical (unpaired) electrons. The largest absolute Gasteiger partial charge is 0.325 e. The second kappa shape index (κ2) is 9.11. The van der Waals surface area contributed by atoms with Gasteiger partial charge in [0.15, 0.2) is 0 Å². The Kier molecular flexibility index (Phi) is 6.09. The van der Waals surface area contributed by atoms with E-state index in [0.717, 1.165) is 16.3 Å². The lowest BCUT2D eigenvalue weighted by Gasteiger charge is -2.14. The molecule has 1 amide bonds. The number of halogens is 1. The second-order valence-electron chi connectivity index (χ2n) is 6.96. The van der Waals surface area contributed by atoms with Crippen LogP contribution < -0.4 is 5.32 Å². The molecule has 0 spiro atoms. The summed E-state index contributed by atoms with van der Waals surface area (Å²) < 4.78 is 13.3. The summed E-state index contributed by atoms with van der Waals surface area (Å²) in [7, 11) is 0. The van der Waals surface area contributed by atoms with Gasteiger partial charge in [0, 0.05) is 34.2 Å². The van der Waals surface area contributed by atoms with Gasteiger partial charge >= 0.3 is 0 Å². The standard InChI is InChI=1S/C23H17FN4O3S/c1-14(22(29)25-17-5-4-6-18(13-17)28(30)31)32-23-20-8-3-2-7-19(20)21(26-27-23)15-9-11-16(24)12-10-15/h2-14H,1H3,(H,25,29). The van der Waals surface area contributed by atoms with E-state index in [2.05, 4.69) is 15.5 Å². The second-order valence-corrected chi connectivity index (χ2v) is 8.29. The monoisotopic (exact) mass is 448 g/mol. The highest BCUT2D eigenvalue weighted by molar-refractivity contribution is 8.00. The number of hydrogen-bond acceptors (Lipinski definition) is 6. The smallest absolute Gasteiger partial charge is 0.271 e. The van der Waals surface area contributed by atoms with Crippen molar-refractivity contribution < 1.29 is 14.1 Å². The zero-order valence-electron chi connectivity index (χ0n) is 16.9. The Morgan fingerprint density at radius 1 is 1.03 bits per heavy atom. The molecule has 0 aliphatic carbocycles. The molecule has 1 atom stereocenters. The van der Waals surface area contributed by atoms with E-state index in [1.54, 1.807) is 25.1 Å². The number of aromatic nitrogens is 2. The summed E-state index contributed by atoms with van der Waals surface area (Å²) in [6.45, 7) is 1.72. The van der Waals surface area contributed by atoms with Crippen molar-refractivity contribution in [3.05, 3.63) is 88.7 Å². The van der Waals surface area contributed by atoms with Gasteiger partial charge in [-0.2, -0.15) is 0 Å². The molecule has 0 aliphatic heterocycles. The Bertz CT molecular complexity index is 1310. The van der Waals surface area contributed by atoms with Crippen molar-refractivity contribution in [2.45, 2.75) is 17.2 Å². The van der Waals surface area contributed by atoms with Crippen LogP contribution in [-0.2, 0) is 4.79 Å². The van der Waals surface area contributed by atoms with Gasteiger partial charge in [-0.3, -0.25) is 14.9 Å². The van der Waals surface area contributed by atoms with Crippen LogP contribution in [0.1, 0.15) is 6.92 Å². The normalized spacial score (nSPS) is 11.8. The topological polar surface area (TPSA) is 98.0 Å². The van der Waals surface area contributed by atoms with Gasteiger partial charge in [-0.15, -0.1) is 10.2 Å². The molecule has 0 saturated carbocycles. The SMILES string of the molecule is CC(Sc1nnc(-c2ccc(F)cc2)c2ccccc12)C(=O)Nc1cccc([N+](=O)[O-])c1.